The van der Waals surface area contributed by atoms with Gasteiger partial charge >= 0.3 is 5.97 Å². The molecular formula is C13H19NO4S. The smallest absolute Gasteiger partial charge is 0.349 e. The second kappa shape index (κ2) is 6.06. The third kappa shape index (κ3) is 3.70. The van der Waals surface area contributed by atoms with E-state index in [1.807, 2.05) is 13.8 Å². The van der Waals surface area contributed by atoms with Gasteiger partial charge in [-0.15, -0.1) is 11.3 Å². The Kier molecular flexibility index (Phi) is 4.94. The van der Waals surface area contributed by atoms with Crippen LogP contribution in [0, 0.1) is 0 Å². The molecule has 1 atom stereocenters. The molecule has 19 heavy (non-hydrogen) atoms. The van der Waals surface area contributed by atoms with Crippen molar-refractivity contribution >= 4 is 23.2 Å². The lowest BCUT2D eigenvalue weighted by Gasteiger charge is -2.17. The first-order valence-corrected chi connectivity index (χ1v) is 6.80. The summed E-state index contributed by atoms with van der Waals surface area (Å²) in [6.07, 6.45) is -0.706. The number of carbonyl (C=O) groups is 2. The summed E-state index contributed by atoms with van der Waals surface area (Å²) in [5, 5.41) is 9.16. The lowest BCUT2D eigenvalue weighted by Crippen LogP contribution is -2.35. The van der Waals surface area contributed by atoms with Gasteiger partial charge in [0, 0.05) is 19.0 Å². The van der Waals surface area contributed by atoms with E-state index in [1.54, 1.807) is 27.1 Å². The third-order valence-electron chi connectivity index (χ3n) is 2.57. The van der Waals surface area contributed by atoms with Gasteiger partial charge in [-0.25, -0.2) is 4.79 Å². The molecule has 1 N–H and O–H groups in total. The predicted octanol–water partition coefficient (Wildman–Crippen LogP) is 2.43. The molecule has 1 heterocycles. The number of carboxylic acids is 1. The summed E-state index contributed by atoms with van der Waals surface area (Å²) in [6.45, 7) is 5.58. The van der Waals surface area contributed by atoms with E-state index in [-0.39, 0.29) is 22.5 Å². The van der Waals surface area contributed by atoms with Gasteiger partial charge in [-0.3, -0.25) is 4.79 Å². The number of ether oxygens (including phenoxy) is 1. The van der Waals surface area contributed by atoms with Gasteiger partial charge < -0.3 is 14.7 Å². The summed E-state index contributed by atoms with van der Waals surface area (Å²) in [6, 6.07) is 1.71. The lowest BCUT2D eigenvalue weighted by atomic mass is 10.2. The van der Waals surface area contributed by atoms with Crippen molar-refractivity contribution in [2.75, 3.05) is 14.1 Å². The Morgan fingerprint density at radius 1 is 1.32 bits per heavy atom. The Balaban J connectivity index is 2.99. The van der Waals surface area contributed by atoms with Gasteiger partial charge in [-0.05, 0) is 18.9 Å². The van der Waals surface area contributed by atoms with E-state index in [9.17, 15) is 9.59 Å². The summed E-state index contributed by atoms with van der Waals surface area (Å²) in [4.78, 5) is 25.4. The number of likely N-dealkylation sites (N-methyl/N-ethyl adjacent to an activating group) is 1. The van der Waals surface area contributed by atoms with Crippen LogP contribution < -0.4 is 4.74 Å². The average Bonchev–Trinajstić information content (AvgIpc) is 2.71. The molecule has 0 saturated heterocycles. The van der Waals surface area contributed by atoms with Gasteiger partial charge in [-0.1, -0.05) is 13.8 Å². The second-order valence-electron chi connectivity index (χ2n) is 4.79. The third-order valence-corrected chi connectivity index (χ3v) is 3.98. The van der Waals surface area contributed by atoms with Crippen LogP contribution >= 0.6 is 11.3 Å². The number of amides is 1. The number of hydrogen-bond donors (Lipinski definition) is 1. The summed E-state index contributed by atoms with van der Waals surface area (Å²) in [7, 11) is 3.26. The molecule has 0 aliphatic heterocycles. The Morgan fingerprint density at radius 3 is 2.32 bits per heavy atom. The molecule has 1 aromatic rings. The topological polar surface area (TPSA) is 66.8 Å². The molecule has 0 bridgehead atoms. The van der Waals surface area contributed by atoms with E-state index in [1.165, 1.54) is 16.2 Å². The molecular weight excluding hydrogens is 266 g/mol. The number of thiophene rings is 1. The summed E-state index contributed by atoms with van der Waals surface area (Å²) in [5.74, 6) is -0.741. The van der Waals surface area contributed by atoms with Crippen molar-refractivity contribution in [3.8, 4) is 5.75 Å². The standard InChI is InChI=1S/C13H19NO4S/c1-7(2)10-6-9(11(19-10)13(16)17)18-8(3)12(15)14(4)5/h6-8H,1-5H3,(H,16,17). The molecule has 0 saturated carbocycles. The van der Waals surface area contributed by atoms with E-state index in [0.29, 0.717) is 0 Å². The fourth-order valence-electron chi connectivity index (χ4n) is 1.52. The number of aromatic carboxylic acids is 1. The highest BCUT2D eigenvalue weighted by molar-refractivity contribution is 7.14. The zero-order chi connectivity index (χ0) is 14.7. The van der Waals surface area contributed by atoms with Crippen molar-refractivity contribution in [1.82, 2.24) is 4.90 Å². The number of rotatable bonds is 5. The van der Waals surface area contributed by atoms with E-state index in [0.717, 1.165) is 4.88 Å². The van der Waals surface area contributed by atoms with E-state index < -0.39 is 12.1 Å². The Labute approximate surface area is 116 Å². The minimum absolute atomic E-state index is 0.141. The Bertz CT molecular complexity index is 479. The molecule has 1 aromatic heterocycles. The van der Waals surface area contributed by atoms with Gasteiger partial charge in [0.25, 0.3) is 5.91 Å². The molecule has 1 amide bonds. The molecule has 0 radical (unpaired) electrons. The van der Waals surface area contributed by atoms with Crippen LogP contribution in [0.25, 0.3) is 0 Å². The monoisotopic (exact) mass is 285 g/mol. The summed E-state index contributed by atoms with van der Waals surface area (Å²) >= 11 is 1.19. The minimum Gasteiger partial charge on any atom is -0.479 e. The molecule has 0 aliphatic carbocycles. The predicted molar refractivity (Wildman–Crippen MR) is 74.2 cm³/mol. The fraction of sp³-hybridized carbons (Fsp3) is 0.538. The van der Waals surface area contributed by atoms with Crippen molar-refractivity contribution in [3.05, 3.63) is 15.8 Å². The molecule has 0 aromatic carbocycles. The molecule has 0 spiro atoms. The molecule has 5 nitrogen and oxygen atoms in total. The molecule has 106 valence electrons. The van der Waals surface area contributed by atoms with Gasteiger partial charge in [0.05, 0.1) is 0 Å². The Morgan fingerprint density at radius 2 is 1.89 bits per heavy atom. The van der Waals surface area contributed by atoms with Crippen molar-refractivity contribution in [2.24, 2.45) is 0 Å². The number of nitrogens with zero attached hydrogens (tertiary/aromatic N) is 1. The number of carbonyl (C=O) groups excluding carboxylic acids is 1. The highest BCUT2D eigenvalue weighted by atomic mass is 32.1. The van der Waals surface area contributed by atoms with Gasteiger partial charge in [0.1, 0.15) is 5.75 Å². The van der Waals surface area contributed by atoms with Crippen molar-refractivity contribution in [1.29, 1.82) is 0 Å². The van der Waals surface area contributed by atoms with Crippen LogP contribution in [0.4, 0.5) is 0 Å². The van der Waals surface area contributed by atoms with Crippen LogP contribution in [0.3, 0.4) is 0 Å². The highest BCUT2D eigenvalue weighted by Crippen LogP contribution is 2.34. The lowest BCUT2D eigenvalue weighted by molar-refractivity contribution is -0.135. The van der Waals surface area contributed by atoms with Gasteiger partial charge in [-0.2, -0.15) is 0 Å². The molecule has 1 rings (SSSR count). The molecule has 0 aliphatic rings. The van der Waals surface area contributed by atoms with Crippen molar-refractivity contribution < 1.29 is 19.4 Å². The zero-order valence-electron chi connectivity index (χ0n) is 11.8. The normalized spacial score (nSPS) is 12.3. The van der Waals surface area contributed by atoms with E-state index in [2.05, 4.69) is 0 Å². The first-order chi connectivity index (χ1) is 8.73. The van der Waals surface area contributed by atoms with Crippen LogP contribution in [0.5, 0.6) is 5.75 Å². The van der Waals surface area contributed by atoms with Gasteiger partial charge in [0.15, 0.2) is 11.0 Å². The average molecular weight is 285 g/mol. The largest absolute Gasteiger partial charge is 0.479 e. The Hall–Kier alpha value is -1.56. The summed E-state index contributed by atoms with van der Waals surface area (Å²) < 4.78 is 5.50. The zero-order valence-corrected chi connectivity index (χ0v) is 12.6. The van der Waals surface area contributed by atoms with Crippen LogP contribution in [0.1, 0.15) is 41.2 Å². The number of carboxylic acid groups (broad SMARTS) is 1. The minimum atomic E-state index is -1.03. The van der Waals surface area contributed by atoms with Crippen LogP contribution in [0.15, 0.2) is 6.07 Å². The maximum absolute atomic E-state index is 11.7. The molecule has 6 heteroatoms. The van der Waals surface area contributed by atoms with Crippen LogP contribution in [-0.4, -0.2) is 42.1 Å². The fourth-order valence-corrected chi connectivity index (χ4v) is 2.45. The van der Waals surface area contributed by atoms with E-state index in [4.69, 9.17) is 9.84 Å². The quantitative estimate of drug-likeness (QED) is 0.902. The first kappa shape index (κ1) is 15.5. The maximum atomic E-state index is 11.7. The molecule has 1 unspecified atom stereocenters. The van der Waals surface area contributed by atoms with E-state index >= 15 is 0 Å². The highest BCUT2D eigenvalue weighted by Gasteiger charge is 2.23. The summed E-state index contributed by atoms with van der Waals surface area (Å²) in [5.41, 5.74) is 0. The number of hydrogen-bond acceptors (Lipinski definition) is 4. The SMILES string of the molecule is CC(Oc1cc(C(C)C)sc1C(=O)O)C(=O)N(C)C. The van der Waals surface area contributed by atoms with Gasteiger partial charge in [0.2, 0.25) is 0 Å². The van der Waals surface area contributed by atoms with Crippen molar-refractivity contribution in [3.63, 3.8) is 0 Å². The first-order valence-electron chi connectivity index (χ1n) is 5.98. The van der Waals surface area contributed by atoms with Crippen LogP contribution in [-0.2, 0) is 4.79 Å². The van der Waals surface area contributed by atoms with Crippen molar-refractivity contribution in [2.45, 2.75) is 32.8 Å². The van der Waals surface area contributed by atoms with Crippen LogP contribution in [0.2, 0.25) is 0 Å². The maximum Gasteiger partial charge on any atom is 0.349 e. The second-order valence-corrected chi connectivity index (χ2v) is 5.88. The molecule has 0 fully saturated rings.